The molecule has 2 N–H and O–H groups in total. The maximum atomic E-state index is 12.7. The molecule has 0 aliphatic heterocycles. The minimum absolute atomic E-state index is 0.00860. The van der Waals surface area contributed by atoms with Gasteiger partial charge in [0, 0.05) is 30.9 Å². The van der Waals surface area contributed by atoms with Crippen LogP contribution in [-0.4, -0.2) is 54.6 Å². The minimum atomic E-state index is -0.577. The fourth-order valence-electron chi connectivity index (χ4n) is 2.67. The molecule has 1 unspecified atom stereocenters. The van der Waals surface area contributed by atoms with Gasteiger partial charge in [-0.25, -0.2) is 0 Å². The molecule has 0 saturated carbocycles. The lowest BCUT2D eigenvalue weighted by Gasteiger charge is -2.27. The third-order valence-electron chi connectivity index (χ3n) is 3.92. The van der Waals surface area contributed by atoms with Crippen LogP contribution >= 0.6 is 0 Å². The molecule has 7 nitrogen and oxygen atoms in total. The average molecular weight is 319 g/mol. The number of amides is 1. The maximum Gasteiger partial charge on any atom is 0.272 e. The molecular formula is C16H25N5O2. The minimum Gasteiger partial charge on any atom is -0.392 e. The quantitative estimate of drug-likeness (QED) is 0.877. The Balaban J connectivity index is 2.32. The van der Waals surface area contributed by atoms with Crippen LogP contribution in [0, 0.1) is 13.8 Å². The summed E-state index contributed by atoms with van der Waals surface area (Å²) in [5.41, 5.74) is 3.93. The van der Waals surface area contributed by atoms with Crippen LogP contribution in [-0.2, 0) is 7.05 Å². The molecule has 7 heteroatoms. The number of hydrogen-bond donors (Lipinski definition) is 2. The molecule has 1 amide bonds. The number of rotatable bonds is 5. The second-order valence-corrected chi connectivity index (χ2v) is 6.24. The summed E-state index contributed by atoms with van der Waals surface area (Å²) in [6, 6.07) is 1.74. The van der Waals surface area contributed by atoms with Gasteiger partial charge in [-0.1, -0.05) is 0 Å². The van der Waals surface area contributed by atoms with Crippen molar-refractivity contribution in [1.82, 2.24) is 24.9 Å². The van der Waals surface area contributed by atoms with Crippen molar-refractivity contribution < 1.29 is 9.90 Å². The topological polar surface area (TPSA) is 87.0 Å². The predicted octanol–water partition coefficient (Wildman–Crippen LogP) is 1.66. The SMILES string of the molecule is Cc1nn(C)c(C)c1-c1cc(C(=O)N(CC(C)O)C(C)C)[nH]n1. The zero-order valence-corrected chi connectivity index (χ0v) is 14.6. The summed E-state index contributed by atoms with van der Waals surface area (Å²) in [7, 11) is 1.88. The molecule has 126 valence electrons. The van der Waals surface area contributed by atoms with Gasteiger partial charge in [0.15, 0.2) is 0 Å². The van der Waals surface area contributed by atoms with Crippen LogP contribution in [0.3, 0.4) is 0 Å². The first-order valence-corrected chi connectivity index (χ1v) is 7.77. The number of aliphatic hydroxyl groups is 1. The number of carbonyl (C=O) groups is 1. The average Bonchev–Trinajstić information content (AvgIpc) is 3.01. The Kier molecular flexibility index (Phi) is 4.89. The standard InChI is InChI=1S/C16H25N5O2/c1-9(2)21(8-10(3)22)16(23)14-7-13(17-18-14)15-11(4)19-20(6)12(15)5/h7,9-10,22H,8H2,1-6H3,(H,17,18). The van der Waals surface area contributed by atoms with Crippen molar-refractivity contribution in [2.75, 3.05) is 6.54 Å². The van der Waals surface area contributed by atoms with Gasteiger partial charge in [0.05, 0.1) is 17.5 Å². The highest BCUT2D eigenvalue weighted by Crippen LogP contribution is 2.25. The first-order chi connectivity index (χ1) is 10.7. The molecule has 2 aromatic rings. The summed E-state index contributed by atoms with van der Waals surface area (Å²) in [4.78, 5) is 14.3. The highest BCUT2D eigenvalue weighted by atomic mass is 16.3. The Morgan fingerprint density at radius 3 is 2.52 bits per heavy atom. The Morgan fingerprint density at radius 1 is 1.39 bits per heavy atom. The van der Waals surface area contributed by atoms with Crippen LogP contribution in [0.5, 0.6) is 0 Å². The summed E-state index contributed by atoms with van der Waals surface area (Å²) in [6.45, 7) is 9.70. The largest absolute Gasteiger partial charge is 0.392 e. The fraction of sp³-hybridized carbons (Fsp3) is 0.562. The number of aromatic nitrogens is 4. The first-order valence-electron chi connectivity index (χ1n) is 7.77. The third kappa shape index (κ3) is 3.44. The molecular weight excluding hydrogens is 294 g/mol. The molecule has 0 spiro atoms. The summed E-state index contributed by atoms with van der Waals surface area (Å²) in [6.07, 6.45) is -0.577. The van der Waals surface area contributed by atoms with E-state index in [9.17, 15) is 9.90 Å². The maximum absolute atomic E-state index is 12.7. The Labute approximate surface area is 136 Å². The van der Waals surface area contributed by atoms with Crippen LogP contribution in [0.1, 0.15) is 42.6 Å². The van der Waals surface area contributed by atoms with Crippen molar-refractivity contribution in [2.24, 2.45) is 7.05 Å². The predicted molar refractivity (Wildman–Crippen MR) is 88.1 cm³/mol. The van der Waals surface area contributed by atoms with E-state index in [2.05, 4.69) is 15.3 Å². The molecule has 0 aliphatic rings. The number of nitrogens with zero attached hydrogens (tertiary/aromatic N) is 4. The van der Waals surface area contributed by atoms with E-state index in [4.69, 9.17) is 0 Å². The van der Waals surface area contributed by atoms with Gasteiger partial charge in [0.2, 0.25) is 0 Å². The van der Waals surface area contributed by atoms with E-state index in [1.54, 1.807) is 22.6 Å². The van der Waals surface area contributed by atoms with Crippen LogP contribution < -0.4 is 0 Å². The molecule has 0 bridgehead atoms. The van der Waals surface area contributed by atoms with Crippen molar-refractivity contribution in [3.63, 3.8) is 0 Å². The fourth-order valence-corrected chi connectivity index (χ4v) is 2.67. The number of H-pyrrole nitrogens is 1. The van der Waals surface area contributed by atoms with Gasteiger partial charge in [-0.15, -0.1) is 0 Å². The molecule has 0 fully saturated rings. The molecule has 0 saturated heterocycles. The second-order valence-electron chi connectivity index (χ2n) is 6.24. The molecule has 2 rings (SSSR count). The molecule has 2 aromatic heterocycles. The highest BCUT2D eigenvalue weighted by molar-refractivity contribution is 5.93. The number of aryl methyl sites for hydroxylation is 2. The van der Waals surface area contributed by atoms with E-state index in [0.29, 0.717) is 11.4 Å². The van der Waals surface area contributed by atoms with Crippen LogP contribution in [0.2, 0.25) is 0 Å². The smallest absolute Gasteiger partial charge is 0.272 e. The number of aromatic amines is 1. The van der Waals surface area contributed by atoms with Gasteiger partial charge in [-0.05, 0) is 40.7 Å². The number of nitrogens with one attached hydrogen (secondary N) is 1. The lowest BCUT2D eigenvalue weighted by atomic mass is 10.1. The second kappa shape index (κ2) is 6.54. The van der Waals surface area contributed by atoms with Crippen molar-refractivity contribution in [3.8, 4) is 11.3 Å². The Bertz CT molecular complexity index is 699. The van der Waals surface area contributed by atoms with E-state index < -0.39 is 6.10 Å². The number of carbonyl (C=O) groups excluding carboxylic acids is 1. The van der Waals surface area contributed by atoms with Gasteiger partial charge < -0.3 is 10.0 Å². The van der Waals surface area contributed by atoms with Crippen LogP contribution in [0.4, 0.5) is 0 Å². The van der Waals surface area contributed by atoms with Gasteiger partial charge >= 0.3 is 0 Å². The highest BCUT2D eigenvalue weighted by Gasteiger charge is 2.23. The van der Waals surface area contributed by atoms with Crippen LogP contribution in [0.25, 0.3) is 11.3 Å². The number of hydrogen-bond acceptors (Lipinski definition) is 4. The molecule has 0 aromatic carbocycles. The van der Waals surface area contributed by atoms with Gasteiger partial charge in [-0.2, -0.15) is 10.2 Å². The summed E-state index contributed by atoms with van der Waals surface area (Å²) >= 11 is 0. The van der Waals surface area contributed by atoms with Crippen molar-refractivity contribution in [2.45, 2.75) is 46.8 Å². The first kappa shape index (κ1) is 17.2. The summed E-state index contributed by atoms with van der Waals surface area (Å²) in [5.74, 6) is -0.168. The van der Waals surface area contributed by atoms with Gasteiger partial charge in [0.1, 0.15) is 5.69 Å². The normalized spacial score (nSPS) is 12.7. The van der Waals surface area contributed by atoms with Crippen molar-refractivity contribution >= 4 is 5.91 Å². The van der Waals surface area contributed by atoms with E-state index in [1.807, 2.05) is 34.7 Å². The van der Waals surface area contributed by atoms with E-state index in [1.165, 1.54) is 0 Å². The summed E-state index contributed by atoms with van der Waals surface area (Å²) in [5, 5.41) is 21.1. The lowest BCUT2D eigenvalue weighted by Crippen LogP contribution is -2.41. The van der Waals surface area contributed by atoms with Gasteiger partial charge in [-0.3, -0.25) is 14.6 Å². The van der Waals surface area contributed by atoms with Crippen molar-refractivity contribution in [1.29, 1.82) is 0 Å². The van der Waals surface area contributed by atoms with E-state index in [-0.39, 0.29) is 18.5 Å². The molecule has 0 radical (unpaired) electrons. The zero-order valence-electron chi connectivity index (χ0n) is 14.6. The monoisotopic (exact) mass is 319 g/mol. The Hall–Kier alpha value is -2.15. The van der Waals surface area contributed by atoms with E-state index >= 15 is 0 Å². The molecule has 1 atom stereocenters. The van der Waals surface area contributed by atoms with Gasteiger partial charge in [0.25, 0.3) is 5.91 Å². The third-order valence-corrected chi connectivity index (χ3v) is 3.92. The Morgan fingerprint density at radius 2 is 2.04 bits per heavy atom. The molecule has 0 aliphatic carbocycles. The zero-order chi connectivity index (χ0) is 17.3. The molecule has 23 heavy (non-hydrogen) atoms. The number of aliphatic hydroxyl groups excluding tert-OH is 1. The van der Waals surface area contributed by atoms with Crippen LogP contribution in [0.15, 0.2) is 6.07 Å². The van der Waals surface area contributed by atoms with E-state index in [0.717, 1.165) is 17.0 Å². The molecule has 2 heterocycles. The lowest BCUT2D eigenvalue weighted by molar-refractivity contribution is 0.0573. The van der Waals surface area contributed by atoms with Crippen molar-refractivity contribution in [3.05, 3.63) is 23.1 Å². The summed E-state index contributed by atoms with van der Waals surface area (Å²) < 4.78 is 1.80.